The molecule has 0 unspecified atom stereocenters. The average Bonchev–Trinajstić information content (AvgIpc) is 2.61. The number of ether oxygens (including phenoxy) is 1. The van der Waals surface area contributed by atoms with E-state index in [2.05, 4.69) is 39.3 Å². The molecule has 1 heterocycles. The van der Waals surface area contributed by atoms with Crippen molar-refractivity contribution in [2.24, 2.45) is 0 Å². The van der Waals surface area contributed by atoms with Crippen LogP contribution < -0.4 is 15.4 Å². The van der Waals surface area contributed by atoms with Gasteiger partial charge in [0, 0.05) is 18.9 Å². The van der Waals surface area contributed by atoms with Crippen LogP contribution in [0.15, 0.2) is 36.8 Å². The number of aryl methyl sites for hydroxylation is 1. The van der Waals surface area contributed by atoms with Crippen LogP contribution in [0.25, 0.3) is 0 Å². The van der Waals surface area contributed by atoms with E-state index >= 15 is 0 Å². The predicted octanol–water partition coefficient (Wildman–Crippen LogP) is 3.15. The molecule has 0 radical (unpaired) electrons. The van der Waals surface area contributed by atoms with E-state index in [1.165, 1.54) is 12.4 Å². The SMILES string of the molecule is CCN(CC)CCOc1ccc(C)cc1NC(=O)Nc1cnccn1. The van der Waals surface area contributed by atoms with Gasteiger partial charge in [0.25, 0.3) is 0 Å². The van der Waals surface area contributed by atoms with Crippen LogP contribution in [0.2, 0.25) is 0 Å². The van der Waals surface area contributed by atoms with E-state index in [9.17, 15) is 4.79 Å². The molecule has 2 N–H and O–H groups in total. The minimum atomic E-state index is -0.389. The standard InChI is InChI=1S/C18H25N5O2/c1-4-23(5-2)10-11-25-16-7-6-14(3)12-15(16)21-18(24)22-17-13-19-8-9-20-17/h6-9,12-13H,4-5,10-11H2,1-3H3,(H2,20,21,22,24). The second kappa shape index (κ2) is 9.58. The molecule has 0 fully saturated rings. The largest absolute Gasteiger partial charge is 0.490 e. The Hall–Kier alpha value is -2.67. The maximum absolute atomic E-state index is 12.2. The van der Waals surface area contributed by atoms with Crippen LogP contribution >= 0.6 is 0 Å². The molecule has 0 aliphatic carbocycles. The average molecular weight is 343 g/mol. The first-order valence-corrected chi connectivity index (χ1v) is 8.42. The molecule has 134 valence electrons. The molecule has 0 aliphatic heterocycles. The van der Waals surface area contributed by atoms with Gasteiger partial charge in [-0.25, -0.2) is 9.78 Å². The second-order valence-corrected chi connectivity index (χ2v) is 5.54. The summed E-state index contributed by atoms with van der Waals surface area (Å²) >= 11 is 0. The van der Waals surface area contributed by atoms with Gasteiger partial charge < -0.3 is 15.0 Å². The van der Waals surface area contributed by atoms with E-state index in [1.807, 2.05) is 25.1 Å². The van der Waals surface area contributed by atoms with E-state index in [-0.39, 0.29) is 6.03 Å². The molecule has 1 aromatic heterocycles. The Kier molecular flexibility index (Phi) is 7.16. The molecule has 7 nitrogen and oxygen atoms in total. The molecule has 7 heteroatoms. The summed E-state index contributed by atoms with van der Waals surface area (Å²) in [4.78, 5) is 22.4. The predicted molar refractivity (Wildman–Crippen MR) is 99.1 cm³/mol. The number of aromatic nitrogens is 2. The molecule has 2 rings (SSSR count). The fraction of sp³-hybridized carbons (Fsp3) is 0.389. The number of urea groups is 1. The van der Waals surface area contributed by atoms with Crippen molar-refractivity contribution in [3.63, 3.8) is 0 Å². The van der Waals surface area contributed by atoms with Gasteiger partial charge in [0.05, 0.1) is 11.9 Å². The Labute approximate surface area is 148 Å². The molecule has 25 heavy (non-hydrogen) atoms. The molecular formula is C18H25N5O2. The number of rotatable bonds is 8. The van der Waals surface area contributed by atoms with Crippen molar-refractivity contribution < 1.29 is 9.53 Å². The van der Waals surface area contributed by atoms with Gasteiger partial charge in [0.1, 0.15) is 12.4 Å². The van der Waals surface area contributed by atoms with Gasteiger partial charge in [-0.3, -0.25) is 10.3 Å². The Bertz CT molecular complexity index is 674. The number of nitrogens with one attached hydrogen (secondary N) is 2. The van der Waals surface area contributed by atoms with E-state index in [1.54, 1.807) is 6.20 Å². The number of hydrogen-bond donors (Lipinski definition) is 2. The second-order valence-electron chi connectivity index (χ2n) is 5.54. The maximum atomic E-state index is 12.2. The van der Waals surface area contributed by atoms with Gasteiger partial charge >= 0.3 is 6.03 Å². The fourth-order valence-corrected chi connectivity index (χ4v) is 2.33. The fourth-order valence-electron chi connectivity index (χ4n) is 2.33. The van der Waals surface area contributed by atoms with Crippen LogP contribution in [0, 0.1) is 6.92 Å². The van der Waals surface area contributed by atoms with Crippen LogP contribution in [0.1, 0.15) is 19.4 Å². The summed E-state index contributed by atoms with van der Waals surface area (Å²) in [6, 6.07) is 5.32. The van der Waals surface area contributed by atoms with Crippen LogP contribution in [0.3, 0.4) is 0 Å². The first-order valence-electron chi connectivity index (χ1n) is 8.42. The number of nitrogens with zero attached hydrogens (tertiary/aromatic N) is 3. The van der Waals surface area contributed by atoms with Gasteiger partial charge in [0.2, 0.25) is 0 Å². The van der Waals surface area contributed by atoms with Crippen LogP contribution in [0.5, 0.6) is 5.75 Å². The van der Waals surface area contributed by atoms with Gasteiger partial charge in [0.15, 0.2) is 5.82 Å². The van der Waals surface area contributed by atoms with Gasteiger partial charge in [-0.15, -0.1) is 0 Å². The molecule has 0 bridgehead atoms. The smallest absolute Gasteiger partial charge is 0.324 e. The number of amides is 2. The summed E-state index contributed by atoms with van der Waals surface area (Å²) in [5.41, 5.74) is 1.66. The minimum Gasteiger partial charge on any atom is -0.490 e. The summed E-state index contributed by atoms with van der Waals surface area (Å²) in [6.45, 7) is 9.58. The quantitative estimate of drug-likeness (QED) is 0.770. The number of benzene rings is 1. The highest BCUT2D eigenvalue weighted by atomic mass is 16.5. The molecule has 0 aliphatic rings. The van der Waals surface area contributed by atoms with Gasteiger partial charge in [-0.1, -0.05) is 19.9 Å². The summed E-state index contributed by atoms with van der Waals surface area (Å²) in [7, 11) is 0. The van der Waals surface area contributed by atoms with Crippen molar-refractivity contribution >= 4 is 17.5 Å². The van der Waals surface area contributed by atoms with Crippen molar-refractivity contribution in [3.05, 3.63) is 42.4 Å². The third-order valence-corrected chi connectivity index (χ3v) is 3.75. The molecule has 0 atom stereocenters. The van der Waals surface area contributed by atoms with Crippen LogP contribution in [-0.2, 0) is 0 Å². The van der Waals surface area contributed by atoms with E-state index in [0.717, 1.165) is 25.2 Å². The molecule has 2 amide bonds. The lowest BCUT2D eigenvalue weighted by Gasteiger charge is -2.19. The first kappa shape index (κ1) is 18.7. The number of carbonyl (C=O) groups is 1. The minimum absolute atomic E-state index is 0.386. The summed E-state index contributed by atoms with van der Waals surface area (Å²) in [5.74, 6) is 1.03. The van der Waals surface area contributed by atoms with E-state index < -0.39 is 0 Å². The summed E-state index contributed by atoms with van der Waals surface area (Å²) in [6.07, 6.45) is 4.55. The third kappa shape index (κ3) is 6.04. The van der Waals surface area contributed by atoms with E-state index in [4.69, 9.17) is 4.74 Å². The van der Waals surface area contributed by atoms with Crippen LogP contribution in [-0.4, -0.2) is 47.1 Å². The third-order valence-electron chi connectivity index (χ3n) is 3.75. The maximum Gasteiger partial charge on any atom is 0.324 e. The molecular weight excluding hydrogens is 318 g/mol. The van der Waals surface area contributed by atoms with Crippen molar-refractivity contribution in [1.29, 1.82) is 0 Å². The normalized spacial score (nSPS) is 10.6. The lowest BCUT2D eigenvalue weighted by molar-refractivity contribution is 0.223. The van der Waals surface area contributed by atoms with Crippen LogP contribution in [0.4, 0.5) is 16.3 Å². The molecule has 2 aromatic rings. The topological polar surface area (TPSA) is 79.4 Å². The highest BCUT2D eigenvalue weighted by molar-refractivity contribution is 6.00. The molecule has 1 aromatic carbocycles. The monoisotopic (exact) mass is 343 g/mol. The van der Waals surface area contributed by atoms with Crippen molar-refractivity contribution in [2.75, 3.05) is 36.9 Å². The first-order chi connectivity index (χ1) is 12.1. The van der Waals surface area contributed by atoms with Gasteiger partial charge in [-0.05, 0) is 37.7 Å². The zero-order valence-corrected chi connectivity index (χ0v) is 15.0. The lowest BCUT2D eigenvalue weighted by Crippen LogP contribution is -2.28. The summed E-state index contributed by atoms with van der Waals surface area (Å²) in [5, 5.41) is 5.45. The summed E-state index contributed by atoms with van der Waals surface area (Å²) < 4.78 is 5.87. The highest BCUT2D eigenvalue weighted by Crippen LogP contribution is 2.25. The zero-order valence-electron chi connectivity index (χ0n) is 15.0. The number of anilines is 2. The van der Waals surface area contributed by atoms with Gasteiger partial charge in [-0.2, -0.15) is 0 Å². The number of carbonyl (C=O) groups excluding carboxylic acids is 1. The lowest BCUT2D eigenvalue weighted by atomic mass is 10.2. The van der Waals surface area contributed by atoms with Crippen molar-refractivity contribution in [2.45, 2.75) is 20.8 Å². The molecule has 0 saturated carbocycles. The zero-order chi connectivity index (χ0) is 18.1. The highest BCUT2D eigenvalue weighted by Gasteiger charge is 2.10. The molecule has 0 spiro atoms. The number of likely N-dealkylation sites (N-methyl/N-ethyl adjacent to an activating group) is 1. The van der Waals surface area contributed by atoms with Crippen molar-refractivity contribution in [1.82, 2.24) is 14.9 Å². The molecule has 0 saturated heterocycles. The van der Waals surface area contributed by atoms with E-state index in [0.29, 0.717) is 23.9 Å². The van der Waals surface area contributed by atoms with Crippen molar-refractivity contribution in [3.8, 4) is 5.75 Å². The Morgan fingerprint density at radius 3 is 2.68 bits per heavy atom. The Morgan fingerprint density at radius 2 is 2.00 bits per heavy atom. The number of hydrogen-bond acceptors (Lipinski definition) is 5. The Balaban J connectivity index is 1.99. The Morgan fingerprint density at radius 1 is 1.20 bits per heavy atom.